The van der Waals surface area contributed by atoms with E-state index in [9.17, 15) is 0 Å². The van der Waals surface area contributed by atoms with Crippen molar-refractivity contribution in [2.45, 2.75) is 13.5 Å². The summed E-state index contributed by atoms with van der Waals surface area (Å²) < 4.78 is 1.80. The summed E-state index contributed by atoms with van der Waals surface area (Å²) in [5, 5.41) is 10.5. The molecule has 2 heterocycles. The van der Waals surface area contributed by atoms with E-state index in [2.05, 4.69) is 20.8 Å². The van der Waals surface area contributed by atoms with Gasteiger partial charge in [-0.25, -0.2) is 4.98 Å². The lowest BCUT2D eigenvalue weighted by atomic mass is 10.4. The fourth-order valence-electron chi connectivity index (χ4n) is 1.22. The highest BCUT2D eigenvalue weighted by atomic mass is 32.1. The zero-order valence-corrected chi connectivity index (χ0v) is 9.01. The minimum Gasteiger partial charge on any atom is -0.365 e. The van der Waals surface area contributed by atoms with Gasteiger partial charge in [-0.1, -0.05) is 0 Å². The average Bonchev–Trinajstić information content (AvgIpc) is 2.72. The number of rotatable bonds is 3. The summed E-state index contributed by atoms with van der Waals surface area (Å²) in [6.07, 6.45) is 1.77. The zero-order valence-electron chi connectivity index (χ0n) is 8.19. The van der Waals surface area contributed by atoms with Crippen LogP contribution in [0.3, 0.4) is 0 Å². The summed E-state index contributed by atoms with van der Waals surface area (Å²) in [5.74, 6) is 1.01. The van der Waals surface area contributed by atoms with Crippen LogP contribution in [0.1, 0.15) is 10.7 Å². The summed E-state index contributed by atoms with van der Waals surface area (Å²) in [5.41, 5.74) is 1.08. The predicted octanol–water partition coefficient (Wildman–Crippen LogP) is 1.80. The molecule has 0 aliphatic heterocycles. The maximum atomic E-state index is 4.37. The van der Waals surface area contributed by atoms with Crippen LogP contribution in [0.15, 0.2) is 17.6 Å². The molecule has 0 atom stereocenters. The van der Waals surface area contributed by atoms with Crippen molar-refractivity contribution in [3.05, 3.63) is 28.3 Å². The third kappa shape index (κ3) is 1.93. The Kier molecular flexibility index (Phi) is 2.49. The topological polar surface area (TPSA) is 42.7 Å². The van der Waals surface area contributed by atoms with Crippen LogP contribution in [0.4, 0.5) is 5.82 Å². The molecular formula is C9H12N4S. The van der Waals surface area contributed by atoms with Crippen molar-refractivity contribution in [2.24, 2.45) is 7.05 Å². The monoisotopic (exact) mass is 208 g/mol. The molecule has 0 saturated carbocycles. The highest BCUT2D eigenvalue weighted by Gasteiger charge is 2.00. The summed E-state index contributed by atoms with van der Waals surface area (Å²) in [4.78, 5) is 4.37. The number of thiazole rings is 1. The van der Waals surface area contributed by atoms with Gasteiger partial charge in [-0.15, -0.1) is 11.3 Å². The Bertz CT molecular complexity index is 418. The standard InChI is InChI=1S/C9H12N4S/c1-7-12-8(6-14-7)5-10-9-3-4-11-13(9)2/h3-4,6,10H,5H2,1-2H3. The van der Waals surface area contributed by atoms with Gasteiger partial charge in [0.2, 0.25) is 0 Å². The summed E-state index contributed by atoms with van der Waals surface area (Å²) in [6.45, 7) is 2.77. The molecule has 0 aromatic carbocycles. The van der Waals surface area contributed by atoms with Crippen LogP contribution in [0.2, 0.25) is 0 Å². The van der Waals surface area contributed by atoms with Crippen molar-refractivity contribution in [2.75, 3.05) is 5.32 Å². The van der Waals surface area contributed by atoms with Crippen molar-refractivity contribution in [1.29, 1.82) is 0 Å². The van der Waals surface area contributed by atoms with E-state index in [1.54, 1.807) is 22.2 Å². The second-order valence-electron chi connectivity index (χ2n) is 3.05. The molecule has 74 valence electrons. The lowest BCUT2D eigenvalue weighted by Gasteiger charge is -2.03. The number of aryl methyl sites for hydroxylation is 2. The van der Waals surface area contributed by atoms with Crippen molar-refractivity contribution >= 4 is 17.2 Å². The predicted molar refractivity (Wildman–Crippen MR) is 57.4 cm³/mol. The maximum Gasteiger partial charge on any atom is 0.124 e. The van der Waals surface area contributed by atoms with E-state index in [0.29, 0.717) is 0 Å². The van der Waals surface area contributed by atoms with Crippen molar-refractivity contribution in [3.63, 3.8) is 0 Å². The van der Waals surface area contributed by atoms with Crippen LogP contribution >= 0.6 is 11.3 Å². The van der Waals surface area contributed by atoms with E-state index in [1.165, 1.54) is 0 Å². The second-order valence-corrected chi connectivity index (χ2v) is 4.11. The van der Waals surface area contributed by atoms with Gasteiger partial charge >= 0.3 is 0 Å². The molecule has 0 saturated heterocycles. The normalized spacial score (nSPS) is 10.4. The van der Waals surface area contributed by atoms with Crippen LogP contribution in [0.25, 0.3) is 0 Å². The first-order chi connectivity index (χ1) is 6.75. The van der Waals surface area contributed by atoms with E-state index in [1.807, 2.05) is 20.0 Å². The van der Waals surface area contributed by atoms with Crippen LogP contribution in [0, 0.1) is 6.92 Å². The van der Waals surface area contributed by atoms with E-state index in [4.69, 9.17) is 0 Å². The smallest absolute Gasteiger partial charge is 0.124 e. The number of hydrogen-bond acceptors (Lipinski definition) is 4. The maximum absolute atomic E-state index is 4.37. The quantitative estimate of drug-likeness (QED) is 0.836. The van der Waals surface area contributed by atoms with Crippen LogP contribution in [-0.4, -0.2) is 14.8 Å². The van der Waals surface area contributed by atoms with E-state index < -0.39 is 0 Å². The van der Waals surface area contributed by atoms with Gasteiger partial charge in [-0.05, 0) is 6.92 Å². The Balaban J connectivity index is 1.98. The Morgan fingerprint density at radius 3 is 3.00 bits per heavy atom. The van der Waals surface area contributed by atoms with Gasteiger partial charge in [0.1, 0.15) is 5.82 Å². The molecule has 0 fully saturated rings. The van der Waals surface area contributed by atoms with Crippen molar-refractivity contribution in [3.8, 4) is 0 Å². The van der Waals surface area contributed by atoms with Gasteiger partial charge < -0.3 is 5.32 Å². The minimum atomic E-state index is 0.754. The molecule has 4 nitrogen and oxygen atoms in total. The lowest BCUT2D eigenvalue weighted by Crippen LogP contribution is -2.04. The van der Waals surface area contributed by atoms with Crippen molar-refractivity contribution in [1.82, 2.24) is 14.8 Å². The molecule has 0 bridgehead atoms. The Morgan fingerprint density at radius 2 is 2.43 bits per heavy atom. The molecule has 2 rings (SSSR count). The number of nitrogens with zero attached hydrogens (tertiary/aromatic N) is 3. The van der Waals surface area contributed by atoms with E-state index >= 15 is 0 Å². The van der Waals surface area contributed by atoms with Gasteiger partial charge in [-0.3, -0.25) is 4.68 Å². The molecule has 0 unspecified atom stereocenters. The van der Waals surface area contributed by atoms with Gasteiger partial charge in [0.15, 0.2) is 0 Å². The molecule has 0 amide bonds. The molecule has 1 N–H and O–H groups in total. The van der Waals surface area contributed by atoms with Crippen LogP contribution in [0.5, 0.6) is 0 Å². The van der Waals surface area contributed by atoms with Gasteiger partial charge in [0, 0.05) is 18.5 Å². The van der Waals surface area contributed by atoms with Crippen LogP contribution in [-0.2, 0) is 13.6 Å². The molecule has 0 spiro atoms. The first-order valence-electron chi connectivity index (χ1n) is 4.38. The fraction of sp³-hybridized carbons (Fsp3) is 0.333. The molecule has 0 aliphatic rings. The molecule has 14 heavy (non-hydrogen) atoms. The second kappa shape index (κ2) is 3.79. The number of anilines is 1. The van der Waals surface area contributed by atoms with Crippen LogP contribution < -0.4 is 5.32 Å². The highest BCUT2D eigenvalue weighted by Crippen LogP contribution is 2.10. The fourth-order valence-corrected chi connectivity index (χ4v) is 1.83. The molecule has 0 radical (unpaired) electrons. The molecule has 2 aromatic heterocycles. The number of aromatic nitrogens is 3. The van der Waals surface area contributed by atoms with Gasteiger partial charge in [0.05, 0.1) is 23.4 Å². The third-order valence-electron chi connectivity index (χ3n) is 1.94. The third-order valence-corrected chi connectivity index (χ3v) is 2.76. The largest absolute Gasteiger partial charge is 0.365 e. The lowest BCUT2D eigenvalue weighted by molar-refractivity contribution is 0.768. The SMILES string of the molecule is Cc1nc(CNc2ccnn2C)cs1. The number of nitrogens with one attached hydrogen (secondary N) is 1. The Morgan fingerprint density at radius 1 is 1.57 bits per heavy atom. The highest BCUT2D eigenvalue weighted by molar-refractivity contribution is 7.09. The average molecular weight is 208 g/mol. The number of hydrogen-bond donors (Lipinski definition) is 1. The van der Waals surface area contributed by atoms with E-state index in [-0.39, 0.29) is 0 Å². The summed E-state index contributed by atoms with van der Waals surface area (Å²) in [7, 11) is 1.91. The Hall–Kier alpha value is -1.36. The first kappa shape index (κ1) is 9.21. The molecule has 0 aliphatic carbocycles. The summed E-state index contributed by atoms with van der Waals surface area (Å²) in [6, 6.07) is 1.94. The summed E-state index contributed by atoms with van der Waals surface area (Å²) >= 11 is 1.67. The Labute approximate surface area is 86.6 Å². The first-order valence-corrected chi connectivity index (χ1v) is 5.26. The minimum absolute atomic E-state index is 0.754. The molecule has 2 aromatic rings. The molecule has 5 heteroatoms. The molecular weight excluding hydrogens is 196 g/mol. The zero-order chi connectivity index (χ0) is 9.97. The van der Waals surface area contributed by atoms with Crippen molar-refractivity contribution < 1.29 is 0 Å². The van der Waals surface area contributed by atoms with E-state index in [0.717, 1.165) is 23.1 Å². The van der Waals surface area contributed by atoms with Gasteiger partial charge in [0.25, 0.3) is 0 Å². The van der Waals surface area contributed by atoms with Gasteiger partial charge in [-0.2, -0.15) is 5.10 Å².